The first-order valence-corrected chi connectivity index (χ1v) is 8.17. The van der Waals surface area contributed by atoms with Crippen molar-refractivity contribution in [1.29, 1.82) is 0 Å². The maximum absolute atomic E-state index is 13.6. The zero-order valence-corrected chi connectivity index (χ0v) is 13.6. The van der Waals surface area contributed by atoms with Gasteiger partial charge in [-0.25, -0.2) is 4.39 Å². The van der Waals surface area contributed by atoms with Crippen LogP contribution in [-0.4, -0.2) is 6.54 Å². The van der Waals surface area contributed by atoms with Crippen molar-refractivity contribution in [3.63, 3.8) is 0 Å². The number of hydrogen-bond donors (Lipinski definition) is 1. The monoisotopic (exact) mass is 329 g/mol. The van der Waals surface area contributed by atoms with Gasteiger partial charge in [0.1, 0.15) is 5.82 Å². The Hall–Kier alpha value is -0.410. The zero-order valence-electron chi connectivity index (χ0n) is 12.0. The van der Waals surface area contributed by atoms with E-state index in [2.05, 4.69) is 35.1 Å². The Balaban J connectivity index is 2.58. The van der Waals surface area contributed by atoms with E-state index in [1.165, 1.54) is 38.2 Å². The van der Waals surface area contributed by atoms with Crippen molar-refractivity contribution in [2.75, 3.05) is 6.54 Å². The van der Waals surface area contributed by atoms with Gasteiger partial charge >= 0.3 is 0 Å². The summed E-state index contributed by atoms with van der Waals surface area (Å²) in [5.41, 5.74) is 1.04. The summed E-state index contributed by atoms with van der Waals surface area (Å²) in [6, 6.07) is 5.54. The summed E-state index contributed by atoms with van der Waals surface area (Å²) in [6.07, 6.45) is 7.42. The first-order valence-electron chi connectivity index (χ1n) is 7.38. The molecule has 0 aliphatic carbocycles. The maximum atomic E-state index is 13.6. The lowest BCUT2D eigenvalue weighted by molar-refractivity contribution is 0.474. The Labute approximate surface area is 125 Å². The molecule has 0 aliphatic heterocycles. The highest BCUT2D eigenvalue weighted by atomic mass is 79.9. The molecule has 1 N–H and O–H groups in total. The van der Waals surface area contributed by atoms with E-state index in [9.17, 15) is 4.39 Å². The van der Waals surface area contributed by atoms with Crippen molar-refractivity contribution < 1.29 is 4.39 Å². The van der Waals surface area contributed by atoms with Gasteiger partial charge in [0, 0.05) is 6.04 Å². The first-order chi connectivity index (χ1) is 9.20. The van der Waals surface area contributed by atoms with Crippen LogP contribution in [0.5, 0.6) is 0 Å². The average Bonchev–Trinajstić information content (AvgIpc) is 2.41. The molecule has 0 radical (unpaired) electrons. The third-order valence-corrected chi connectivity index (χ3v) is 4.24. The molecule has 1 nitrogen and oxygen atoms in total. The largest absolute Gasteiger partial charge is 0.310 e. The molecule has 1 aromatic carbocycles. The maximum Gasteiger partial charge on any atom is 0.137 e. The van der Waals surface area contributed by atoms with Gasteiger partial charge in [-0.1, -0.05) is 58.1 Å². The second kappa shape index (κ2) is 9.49. The molecular formula is C16H25BrFN. The molecule has 1 atom stereocenters. The van der Waals surface area contributed by atoms with E-state index in [4.69, 9.17) is 0 Å². The average molecular weight is 330 g/mol. The molecule has 1 rings (SSSR count). The van der Waals surface area contributed by atoms with Crippen LogP contribution in [0, 0.1) is 5.82 Å². The quantitative estimate of drug-likeness (QED) is 0.581. The molecule has 0 fully saturated rings. The van der Waals surface area contributed by atoms with Crippen molar-refractivity contribution in [3.05, 3.63) is 34.1 Å². The van der Waals surface area contributed by atoms with E-state index in [1.54, 1.807) is 6.07 Å². The van der Waals surface area contributed by atoms with Crippen LogP contribution >= 0.6 is 15.9 Å². The van der Waals surface area contributed by atoms with E-state index in [0.717, 1.165) is 18.5 Å². The topological polar surface area (TPSA) is 12.0 Å². The smallest absolute Gasteiger partial charge is 0.137 e. The number of hydrogen-bond acceptors (Lipinski definition) is 1. The second-order valence-electron chi connectivity index (χ2n) is 4.96. The van der Waals surface area contributed by atoms with Gasteiger partial charge in [0.05, 0.1) is 4.47 Å². The molecule has 3 heteroatoms. The Kier molecular flexibility index (Phi) is 8.31. The molecule has 0 aliphatic rings. The van der Waals surface area contributed by atoms with Gasteiger partial charge in [-0.3, -0.25) is 0 Å². The van der Waals surface area contributed by atoms with Crippen LogP contribution in [0.1, 0.15) is 64.0 Å². The standard InChI is InChI=1S/C16H25BrFN/c1-3-5-6-7-8-12-15(19-4-2)13-10-9-11-14(18)16(13)17/h9-11,15,19H,3-8,12H2,1-2H3. The third-order valence-electron chi connectivity index (χ3n) is 3.40. The number of unbranched alkanes of at least 4 members (excludes halogenated alkanes) is 4. The molecule has 0 spiro atoms. The van der Waals surface area contributed by atoms with Gasteiger partial charge in [0.25, 0.3) is 0 Å². The highest BCUT2D eigenvalue weighted by molar-refractivity contribution is 9.10. The minimum absolute atomic E-state index is 0.175. The van der Waals surface area contributed by atoms with Gasteiger partial charge in [-0.15, -0.1) is 0 Å². The summed E-state index contributed by atoms with van der Waals surface area (Å²) in [5, 5.41) is 3.46. The van der Waals surface area contributed by atoms with Crippen molar-refractivity contribution in [3.8, 4) is 0 Å². The molecule has 0 heterocycles. The molecule has 19 heavy (non-hydrogen) atoms. The molecule has 108 valence electrons. The van der Waals surface area contributed by atoms with Crippen molar-refractivity contribution in [2.45, 2.75) is 58.4 Å². The molecule has 1 aromatic rings. The van der Waals surface area contributed by atoms with Crippen LogP contribution in [-0.2, 0) is 0 Å². The fraction of sp³-hybridized carbons (Fsp3) is 0.625. The lowest BCUT2D eigenvalue weighted by Crippen LogP contribution is -2.21. The predicted molar refractivity (Wildman–Crippen MR) is 83.9 cm³/mol. The number of halogens is 2. The lowest BCUT2D eigenvalue weighted by atomic mass is 9.99. The molecule has 0 saturated carbocycles. The number of benzene rings is 1. The molecule has 0 bridgehead atoms. The SMILES string of the molecule is CCCCCCCC(NCC)c1cccc(F)c1Br. The van der Waals surface area contributed by atoms with Crippen LogP contribution in [0.25, 0.3) is 0 Å². The summed E-state index contributed by atoms with van der Waals surface area (Å²) in [7, 11) is 0. The van der Waals surface area contributed by atoms with Crippen LogP contribution in [0.15, 0.2) is 22.7 Å². The van der Waals surface area contributed by atoms with E-state index < -0.39 is 0 Å². The zero-order chi connectivity index (χ0) is 14.1. The van der Waals surface area contributed by atoms with Crippen LogP contribution in [0.3, 0.4) is 0 Å². The van der Waals surface area contributed by atoms with Crippen LogP contribution < -0.4 is 5.32 Å². The second-order valence-corrected chi connectivity index (χ2v) is 5.75. The Morgan fingerprint density at radius 2 is 1.89 bits per heavy atom. The first kappa shape index (κ1) is 16.6. The Morgan fingerprint density at radius 1 is 1.16 bits per heavy atom. The number of nitrogens with one attached hydrogen (secondary N) is 1. The molecule has 0 amide bonds. The van der Waals surface area contributed by atoms with E-state index in [-0.39, 0.29) is 11.9 Å². The summed E-state index contributed by atoms with van der Waals surface area (Å²) in [4.78, 5) is 0. The predicted octanol–water partition coefficient (Wildman–Crippen LogP) is 5.60. The highest BCUT2D eigenvalue weighted by Crippen LogP contribution is 2.29. The third kappa shape index (κ3) is 5.62. The van der Waals surface area contributed by atoms with Crippen LogP contribution in [0.4, 0.5) is 4.39 Å². The van der Waals surface area contributed by atoms with Gasteiger partial charge in [0.2, 0.25) is 0 Å². The van der Waals surface area contributed by atoms with Crippen molar-refractivity contribution in [2.24, 2.45) is 0 Å². The highest BCUT2D eigenvalue weighted by Gasteiger charge is 2.15. The summed E-state index contributed by atoms with van der Waals surface area (Å²) < 4.78 is 14.2. The minimum atomic E-state index is -0.175. The Bertz CT molecular complexity index is 368. The molecular weight excluding hydrogens is 305 g/mol. The van der Waals surface area contributed by atoms with Gasteiger partial charge in [-0.2, -0.15) is 0 Å². The minimum Gasteiger partial charge on any atom is -0.310 e. The fourth-order valence-corrected chi connectivity index (χ4v) is 2.90. The normalized spacial score (nSPS) is 12.6. The molecule has 0 saturated heterocycles. The van der Waals surface area contributed by atoms with Crippen molar-refractivity contribution >= 4 is 15.9 Å². The fourth-order valence-electron chi connectivity index (χ4n) is 2.36. The van der Waals surface area contributed by atoms with E-state index >= 15 is 0 Å². The van der Waals surface area contributed by atoms with Gasteiger partial charge < -0.3 is 5.32 Å². The lowest BCUT2D eigenvalue weighted by Gasteiger charge is -2.20. The van der Waals surface area contributed by atoms with Gasteiger partial charge in [0.15, 0.2) is 0 Å². The van der Waals surface area contributed by atoms with E-state index in [0.29, 0.717) is 4.47 Å². The van der Waals surface area contributed by atoms with Gasteiger partial charge in [-0.05, 0) is 40.5 Å². The van der Waals surface area contributed by atoms with Crippen molar-refractivity contribution in [1.82, 2.24) is 5.32 Å². The Morgan fingerprint density at radius 3 is 2.58 bits per heavy atom. The molecule has 1 unspecified atom stereocenters. The van der Waals surface area contributed by atoms with E-state index in [1.807, 2.05) is 6.07 Å². The number of rotatable bonds is 9. The molecule has 0 aromatic heterocycles. The summed E-state index contributed by atoms with van der Waals surface area (Å²) in [6.45, 7) is 5.23. The summed E-state index contributed by atoms with van der Waals surface area (Å²) >= 11 is 3.37. The van der Waals surface area contributed by atoms with Crippen LogP contribution in [0.2, 0.25) is 0 Å². The summed E-state index contributed by atoms with van der Waals surface area (Å²) in [5.74, 6) is -0.175.